The number of aliphatic hydroxyl groups is 3. The van der Waals surface area contributed by atoms with Crippen molar-refractivity contribution in [2.45, 2.75) is 135 Å². The van der Waals surface area contributed by atoms with Crippen LogP contribution in [-0.2, 0) is 19.0 Å². The molecule has 0 aromatic rings. The number of allylic oxidation sites excluding steroid dienone is 3. The normalized spacial score (nSPS) is 35.3. The summed E-state index contributed by atoms with van der Waals surface area (Å²) in [7, 11) is 0. The molecule has 48 heavy (non-hydrogen) atoms. The predicted octanol–water partition coefficient (Wildman–Crippen LogP) is 4.91. The van der Waals surface area contributed by atoms with Crippen LogP contribution in [0.5, 0.6) is 0 Å². The average molecular weight is 676 g/mol. The van der Waals surface area contributed by atoms with Gasteiger partial charge in [0.15, 0.2) is 6.10 Å². The second kappa shape index (κ2) is 17.1. The van der Waals surface area contributed by atoms with Crippen molar-refractivity contribution < 1.29 is 43.6 Å². The molecule has 1 amide bonds. The lowest BCUT2D eigenvalue weighted by molar-refractivity contribution is -0.935. The summed E-state index contributed by atoms with van der Waals surface area (Å²) in [4.78, 5) is 28.0. The Hall–Kier alpha value is -2.24. The quantitative estimate of drug-likeness (QED) is 0.103. The van der Waals surface area contributed by atoms with Crippen LogP contribution in [0.1, 0.15) is 92.9 Å². The minimum absolute atomic E-state index is 0.100. The summed E-state index contributed by atoms with van der Waals surface area (Å²) in [6.45, 7) is 17.1. The number of esters is 1. The van der Waals surface area contributed by atoms with Crippen LogP contribution in [0.2, 0.25) is 0 Å². The van der Waals surface area contributed by atoms with Gasteiger partial charge in [0.2, 0.25) is 0 Å². The zero-order chi connectivity index (χ0) is 35.1. The number of nitrogens with zero attached hydrogens (tertiary/aromatic N) is 2. The number of hydrogen-bond acceptors (Lipinski definition) is 8. The molecular weight excluding hydrogens is 612 g/mol. The maximum atomic E-state index is 13.4. The third-order valence-corrected chi connectivity index (χ3v) is 11.3. The van der Waals surface area contributed by atoms with Gasteiger partial charge in [-0.2, -0.15) is 0 Å². The van der Waals surface area contributed by atoms with Crippen LogP contribution in [0, 0.1) is 17.8 Å². The molecule has 4 heterocycles. The summed E-state index contributed by atoms with van der Waals surface area (Å²) in [5.74, 6) is -0.423. The Morgan fingerprint density at radius 2 is 1.85 bits per heavy atom. The zero-order valence-electron chi connectivity index (χ0n) is 30.3. The molecule has 1 spiro atoms. The van der Waals surface area contributed by atoms with Crippen molar-refractivity contribution >= 4 is 12.1 Å². The summed E-state index contributed by atoms with van der Waals surface area (Å²) in [5, 5.41) is 32.3. The van der Waals surface area contributed by atoms with Gasteiger partial charge < -0.3 is 34.0 Å². The first-order valence-corrected chi connectivity index (χ1v) is 18.5. The minimum atomic E-state index is -1.44. The number of hydrogen-bond donors (Lipinski definition) is 3. The highest BCUT2D eigenvalue weighted by molar-refractivity contribution is 5.70. The van der Waals surface area contributed by atoms with E-state index in [-0.39, 0.29) is 55.3 Å². The largest absolute Gasteiger partial charge is 0.457 e. The fraction of sp³-hybridized carbons (Fsp3) is 0.789. The van der Waals surface area contributed by atoms with E-state index in [0.29, 0.717) is 13.1 Å². The highest BCUT2D eigenvalue weighted by atomic mass is 16.6. The van der Waals surface area contributed by atoms with Gasteiger partial charge in [0.1, 0.15) is 11.7 Å². The number of rotatable bonds is 9. The lowest BCUT2D eigenvalue weighted by atomic mass is 9.88. The van der Waals surface area contributed by atoms with Crippen LogP contribution in [0.15, 0.2) is 36.0 Å². The number of piperidine rings is 1. The fourth-order valence-electron chi connectivity index (χ4n) is 7.67. The molecule has 0 aliphatic carbocycles. The zero-order valence-corrected chi connectivity index (χ0v) is 30.3. The molecule has 10 heteroatoms. The Bertz CT molecular complexity index is 1150. The van der Waals surface area contributed by atoms with Gasteiger partial charge in [-0.1, -0.05) is 52.0 Å². The molecule has 0 unspecified atom stereocenters. The predicted molar refractivity (Wildman–Crippen MR) is 185 cm³/mol. The van der Waals surface area contributed by atoms with E-state index in [4.69, 9.17) is 14.2 Å². The van der Waals surface area contributed by atoms with E-state index < -0.39 is 36.0 Å². The number of amides is 1. The maximum absolute atomic E-state index is 13.4. The van der Waals surface area contributed by atoms with E-state index in [1.807, 2.05) is 45.9 Å². The molecule has 10 nitrogen and oxygen atoms in total. The molecule has 4 aliphatic rings. The third-order valence-electron chi connectivity index (χ3n) is 11.3. The second-order valence-corrected chi connectivity index (χ2v) is 15.5. The summed E-state index contributed by atoms with van der Waals surface area (Å²) in [6, 6.07) is 0. The van der Waals surface area contributed by atoms with E-state index in [1.165, 1.54) is 32.4 Å². The van der Waals surface area contributed by atoms with E-state index in [0.717, 1.165) is 36.0 Å². The number of aliphatic hydroxyl groups excluding tert-OH is 2. The Kier molecular flexibility index (Phi) is 13.8. The lowest BCUT2D eigenvalue weighted by Crippen LogP contribution is -2.62. The minimum Gasteiger partial charge on any atom is -0.457 e. The standard InChI is InChI=1S/C38H63N2O8/c1-7-31(42)29(5)36-32(46-36)24-26(2)12-11-13-27(3)35-28(4)14-15-33(38(6,45)17-16-30(41)25-34(43)48-35)47-37(44)39-18-22-40(23-19-39)20-9-8-10-21-40/h11-15,26,28-33,35-36,41-42,45H,7-10,16-25H2,1-6H3/q+1/t26-,28+,29-,30-,31+,32-,33+,35-,36-,38-/m1/s1. The molecule has 3 fully saturated rings. The van der Waals surface area contributed by atoms with Gasteiger partial charge in [-0.15, -0.1) is 0 Å². The Balaban J connectivity index is 1.41. The third kappa shape index (κ3) is 10.6. The molecule has 0 saturated carbocycles. The average Bonchev–Trinajstić information content (AvgIpc) is 3.82. The molecule has 4 rings (SSSR count). The molecule has 10 atom stereocenters. The SMILES string of the molecule is CC[C@H](O)[C@@H](C)[C@H]1O[C@@H]1C[C@H](C)C=CC=C(C)[C@H]1OC(=O)C[C@H](O)CC[C@@](C)(O)[C@@H](OC(=O)N2CC[N+]3(CCCCC3)CC2)C=C[C@@H]1C. The van der Waals surface area contributed by atoms with Crippen LogP contribution in [-0.4, -0.2) is 118 Å². The summed E-state index contributed by atoms with van der Waals surface area (Å²) < 4.78 is 18.9. The smallest absolute Gasteiger partial charge is 0.410 e. The Labute approximate surface area is 288 Å². The molecule has 0 aromatic carbocycles. The van der Waals surface area contributed by atoms with Gasteiger partial charge in [-0.25, -0.2) is 4.79 Å². The van der Waals surface area contributed by atoms with E-state index in [9.17, 15) is 24.9 Å². The van der Waals surface area contributed by atoms with Crippen molar-refractivity contribution in [1.82, 2.24) is 4.90 Å². The molecular formula is C38H63N2O8+. The monoisotopic (exact) mass is 675 g/mol. The first kappa shape index (κ1) is 38.6. The highest BCUT2D eigenvalue weighted by Gasteiger charge is 2.45. The lowest BCUT2D eigenvalue weighted by Gasteiger charge is -2.46. The number of quaternary nitrogens is 1. The summed E-state index contributed by atoms with van der Waals surface area (Å²) in [5.41, 5.74) is -0.610. The van der Waals surface area contributed by atoms with Gasteiger partial charge in [0, 0.05) is 11.8 Å². The maximum Gasteiger partial charge on any atom is 0.410 e. The molecule has 3 N–H and O–H groups in total. The summed E-state index contributed by atoms with van der Waals surface area (Å²) >= 11 is 0. The van der Waals surface area contributed by atoms with Crippen molar-refractivity contribution in [3.05, 3.63) is 36.0 Å². The van der Waals surface area contributed by atoms with Crippen molar-refractivity contribution in [2.75, 3.05) is 39.3 Å². The molecule has 0 aromatic heterocycles. The fourth-order valence-corrected chi connectivity index (χ4v) is 7.67. The first-order valence-electron chi connectivity index (χ1n) is 18.5. The van der Waals surface area contributed by atoms with Gasteiger partial charge in [-0.05, 0) is 76.4 Å². The van der Waals surface area contributed by atoms with Crippen LogP contribution in [0.3, 0.4) is 0 Å². The van der Waals surface area contributed by atoms with Gasteiger partial charge in [-0.3, -0.25) is 9.69 Å². The molecule has 3 saturated heterocycles. The highest BCUT2D eigenvalue weighted by Crippen LogP contribution is 2.36. The number of carbonyl (C=O) groups is 2. The molecule has 4 aliphatic heterocycles. The first-order chi connectivity index (χ1) is 22.7. The van der Waals surface area contributed by atoms with Crippen LogP contribution < -0.4 is 0 Å². The van der Waals surface area contributed by atoms with E-state index >= 15 is 0 Å². The van der Waals surface area contributed by atoms with Crippen molar-refractivity contribution in [2.24, 2.45) is 17.8 Å². The Morgan fingerprint density at radius 3 is 2.52 bits per heavy atom. The van der Waals surface area contributed by atoms with Crippen molar-refractivity contribution in [3.8, 4) is 0 Å². The van der Waals surface area contributed by atoms with Crippen LogP contribution in [0.25, 0.3) is 0 Å². The number of ether oxygens (including phenoxy) is 3. The summed E-state index contributed by atoms with van der Waals surface area (Å²) in [6.07, 6.45) is 12.0. The van der Waals surface area contributed by atoms with Crippen molar-refractivity contribution in [1.29, 1.82) is 0 Å². The molecule has 0 radical (unpaired) electrons. The van der Waals surface area contributed by atoms with E-state index in [2.05, 4.69) is 13.0 Å². The second-order valence-electron chi connectivity index (χ2n) is 15.5. The number of cyclic esters (lactones) is 1. The molecule has 0 bridgehead atoms. The molecule has 272 valence electrons. The number of piperazine rings is 1. The number of carbonyl (C=O) groups excluding carboxylic acids is 2. The van der Waals surface area contributed by atoms with Crippen LogP contribution >= 0.6 is 0 Å². The van der Waals surface area contributed by atoms with Crippen LogP contribution in [0.4, 0.5) is 4.79 Å². The van der Waals surface area contributed by atoms with Crippen molar-refractivity contribution in [3.63, 3.8) is 0 Å². The topological polar surface area (TPSA) is 129 Å². The van der Waals surface area contributed by atoms with E-state index in [1.54, 1.807) is 17.9 Å². The Morgan fingerprint density at radius 1 is 1.17 bits per heavy atom. The van der Waals surface area contributed by atoms with Gasteiger partial charge in [0.05, 0.1) is 70.1 Å². The van der Waals surface area contributed by atoms with Gasteiger partial charge in [0.25, 0.3) is 0 Å². The van der Waals surface area contributed by atoms with Gasteiger partial charge >= 0.3 is 12.1 Å². The number of epoxide rings is 1.